The lowest BCUT2D eigenvalue weighted by Crippen LogP contribution is -2.02. The van der Waals surface area contributed by atoms with Crippen LogP contribution in [-0.2, 0) is 9.53 Å². The fourth-order valence-corrected chi connectivity index (χ4v) is 1.78. The van der Waals surface area contributed by atoms with Crippen molar-refractivity contribution in [2.75, 3.05) is 6.61 Å². The largest absolute Gasteiger partial charge is 0.467 e. The van der Waals surface area contributed by atoms with E-state index in [0.29, 0.717) is 13.1 Å². The number of aromatic amines is 1. The molecule has 78 valence electrons. The summed E-state index contributed by atoms with van der Waals surface area (Å²) in [5.41, 5.74) is 2.30. The van der Waals surface area contributed by atoms with Crippen molar-refractivity contribution in [3.05, 3.63) is 36.0 Å². The van der Waals surface area contributed by atoms with Crippen LogP contribution in [0.1, 0.15) is 18.4 Å². The average molecular weight is 203 g/mol. The maximum atomic E-state index is 10.1. The third-order valence-corrected chi connectivity index (χ3v) is 2.57. The van der Waals surface area contributed by atoms with Crippen molar-refractivity contribution in [3.8, 4) is 0 Å². The molecule has 15 heavy (non-hydrogen) atoms. The summed E-state index contributed by atoms with van der Waals surface area (Å²) in [6.07, 6.45) is 1.98. The highest BCUT2D eigenvalue weighted by Gasteiger charge is 2.10. The Labute approximate surface area is 88.1 Å². The molecule has 1 heterocycles. The monoisotopic (exact) mass is 203 g/mol. The number of ether oxygens (including phenoxy) is 1. The molecule has 0 saturated heterocycles. The molecule has 0 bridgehead atoms. The van der Waals surface area contributed by atoms with Gasteiger partial charge in [-0.3, -0.25) is 4.79 Å². The summed E-state index contributed by atoms with van der Waals surface area (Å²) in [6.45, 7) is 2.95. The number of H-pyrrole nitrogens is 1. The normalized spacial score (nSPS) is 12.6. The van der Waals surface area contributed by atoms with Crippen LogP contribution in [0.25, 0.3) is 10.9 Å². The lowest BCUT2D eigenvalue weighted by atomic mass is 10.0. The third-order valence-electron chi connectivity index (χ3n) is 2.57. The average Bonchev–Trinajstić information content (AvgIpc) is 2.69. The smallest absolute Gasteiger partial charge is 0.293 e. The molecule has 3 heteroatoms. The van der Waals surface area contributed by atoms with Crippen molar-refractivity contribution >= 4 is 17.4 Å². The van der Waals surface area contributed by atoms with E-state index in [0.717, 1.165) is 5.52 Å². The van der Waals surface area contributed by atoms with Crippen molar-refractivity contribution in [3.63, 3.8) is 0 Å². The first kappa shape index (κ1) is 9.77. The van der Waals surface area contributed by atoms with Gasteiger partial charge in [0.25, 0.3) is 6.47 Å². The molecule has 0 aliphatic rings. The Hall–Kier alpha value is -1.77. The number of carbonyl (C=O) groups is 1. The predicted molar refractivity (Wildman–Crippen MR) is 58.7 cm³/mol. The second kappa shape index (κ2) is 4.17. The molecule has 0 aliphatic heterocycles. The van der Waals surface area contributed by atoms with Gasteiger partial charge in [0.1, 0.15) is 0 Å². The lowest BCUT2D eigenvalue weighted by Gasteiger charge is -2.08. The van der Waals surface area contributed by atoms with E-state index in [1.807, 2.05) is 31.3 Å². The first-order valence-corrected chi connectivity index (χ1v) is 4.94. The minimum atomic E-state index is 0.214. The van der Waals surface area contributed by atoms with Crippen LogP contribution in [0.3, 0.4) is 0 Å². The summed E-state index contributed by atoms with van der Waals surface area (Å²) in [4.78, 5) is 13.3. The number of hydrogen-bond donors (Lipinski definition) is 1. The first-order valence-electron chi connectivity index (χ1n) is 4.94. The Kier molecular flexibility index (Phi) is 2.72. The van der Waals surface area contributed by atoms with E-state index in [-0.39, 0.29) is 5.92 Å². The number of para-hydroxylation sites is 1. The molecular weight excluding hydrogens is 190 g/mol. The topological polar surface area (TPSA) is 42.1 Å². The van der Waals surface area contributed by atoms with Gasteiger partial charge >= 0.3 is 0 Å². The van der Waals surface area contributed by atoms with Crippen molar-refractivity contribution in [1.29, 1.82) is 0 Å². The standard InChI is InChI=1S/C12H13NO2/c1-9(7-15-8-14)11-6-13-12-5-3-2-4-10(11)12/h2-6,8-9,13H,7H2,1H3. The second-order valence-electron chi connectivity index (χ2n) is 3.62. The zero-order valence-electron chi connectivity index (χ0n) is 8.57. The van der Waals surface area contributed by atoms with Crippen molar-refractivity contribution in [2.24, 2.45) is 0 Å². The molecule has 1 aromatic heterocycles. The molecule has 0 fully saturated rings. The Balaban J connectivity index is 2.30. The van der Waals surface area contributed by atoms with Crippen LogP contribution >= 0.6 is 0 Å². The summed E-state index contributed by atoms with van der Waals surface area (Å²) >= 11 is 0. The quantitative estimate of drug-likeness (QED) is 0.775. The van der Waals surface area contributed by atoms with Gasteiger partial charge in [0, 0.05) is 23.0 Å². The van der Waals surface area contributed by atoms with Gasteiger partial charge < -0.3 is 9.72 Å². The van der Waals surface area contributed by atoms with E-state index < -0.39 is 0 Å². The van der Waals surface area contributed by atoms with Crippen LogP contribution in [0.2, 0.25) is 0 Å². The van der Waals surface area contributed by atoms with E-state index >= 15 is 0 Å². The number of benzene rings is 1. The lowest BCUT2D eigenvalue weighted by molar-refractivity contribution is -0.129. The van der Waals surface area contributed by atoms with E-state index in [2.05, 4.69) is 11.1 Å². The molecule has 0 radical (unpaired) electrons. The highest BCUT2D eigenvalue weighted by atomic mass is 16.5. The van der Waals surface area contributed by atoms with Crippen LogP contribution < -0.4 is 0 Å². The van der Waals surface area contributed by atoms with Crippen LogP contribution in [-0.4, -0.2) is 18.1 Å². The highest BCUT2D eigenvalue weighted by Crippen LogP contribution is 2.25. The number of carbonyl (C=O) groups excluding carboxylic acids is 1. The Morgan fingerprint density at radius 3 is 3.07 bits per heavy atom. The van der Waals surface area contributed by atoms with E-state index in [1.54, 1.807) is 0 Å². The molecule has 1 N–H and O–H groups in total. The summed E-state index contributed by atoms with van der Waals surface area (Å²) < 4.78 is 4.77. The minimum Gasteiger partial charge on any atom is -0.467 e. The fraction of sp³-hybridized carbons (Fsp3) is 0.250. The second-order valence-corrected chi connectivity index (χ2v) is 3.62. The van der Waals surface area contributed by atoms with Crippen molar-refractivity contribution < 1.29 is 9.53 Å². The number of nitrogens with one attached hydrogen (secondary N) is 1. The van der Waals surface area contributed by atoms with Crippen LogP contribution in [0, 0.1) is 0 Å². The molecule has 3 nitrogen and oxygen atoms in total. The molecule has 1 unspecified atom stereocenters. The predicted octanol–water partition coefficient (Wildman–Crippen LogP) is 2.44. The SMILES string of the molecule is CC(COC=O)c1c[nH]c2ccccc12. The third kappa shape index (κ3) is 1.86. The summed E-state index contributed by atoms with van der Waals surface area (Å²) in [5, 5.41) is 1.19. The summed E-state index contributed by atoms with van der Waals surface area (Å²) in [7, 11) is 0. The van der Waals surface area contributed by atoms with Gasteiger partial charge in [0.15, 0.2) is 0 Å². The maximum absolute atomic E-state index is 10.1. The molecule has 0 saturated carbocycles. The number of rotatable bonds is 4. The fourth-order valence-electron chi connectivity index (χ4n) is 1.78. The van der Waals surface area contributed by atoms with E-state index in [4.69, 9.17) is 4.74 Å². The number of hydrogen-bond acceptors (Lipinski definition) is 2. The Bertz CT molecular complexity index is 461. The molecular formula is C12H13NO2. The van der Waals surface area contributed by atoms with E-state index in [1.165, 1.54) is 10.9 Å². The molecule has 1 atom stereocenters. The summed E-state index contributed by atoms with van der Waals surface area (Å²) in [6, 6.07) is 8.10. The van der Waals surface area contributed by atoms with Gasteiger partial charge in [0.2, 0.25) is 0 Å². The zero-order valence-corrected chi connectivity index (χ0v) is 8.57. The van der Waals surface area contributed by atoms with Gasteiger partial charge in [-0.05, 0) is 11.6 Å². The first-order chi connectivity index (χ1) is 7.33. The van der Waals surface area contributed by atoms with Gasteiger partial charge in [0.05, 0.1) is 6.61 Å². The summed E-state index contributed by atoms with van der Waals surface area (Å²) in [5.74, 6) is 0.214. The molecule has 0 amide bonds. The van der Waals surface area contributed by atoms with Gasteiger partial charge in [-0.1, -0.05) is 25.1 Å². The number of fused-ring (bicyclic) bond motifs is 1. The van der Waals surface area contributed by atoms with Gasteiger partial charge in [-0.2, -0.15) is 0 Å². The molecule has 1 aromatic carbocycles. The van der Waals surface area contributed by atoms with Gasteiger partial charge in [-0.15, -0.1) is 0 Å². The van der Waals surface area contributed by atoms with E-state index in [9.17, 15) is 4.79 Å². The Morgan fingerprint density at radius 1 is 1.47 bits per heavy atom. The van der Waals surface area contributed by atoms with Crippen molar-refractivity contribution in [2.45, 2.75) is 12.8 Å². The van der Waals surface area contributed by atoms with Crippen LogP contribution in [0.4, 0.5) is 0 Å². The van der Waals surface area contributed by atoms with Crippen LogP contribution in [0.5, 0.6) is 0 Å². The molecule has 2 aromatic rings. The molecule has 0 spiro atoms. The maximum Gasteiger partial charge on any atom is 0.293 e. The Morgan fingerprint density at radius 2 is 2.27 bits per heavy atom. The van der Waals surface area contributed by atoms with Crippen molar-refractivity contribution in [1.82, 2.24) is 4.98 Å². The minimum absolute atomic E-state index is 0.214. The highest BCUT2D eigenvalue weighted by molar-refractivity contribution is 5.83. The molecule has 0 aliphatic carbocycles. The van der Waals surface area contributed by atoms with Crippen LogP contribution in [0.15, 0.2) is 30.5 Å². The molecule has 2 rings (SSSR count). The van der Waals surface area contributed by atoms with Gasteiger partial charge in [-0.25, -0.2) is 0 Å². The number of aromatic nitrogens is 1. The zero-order chi connectivity index (χ0) is 10.7.